The van der Waals surface area contributed by atoms with Crippen LogP contribution in [0.5, 0.6) is 0 Å². The first-order chi connectivity index (χ1) is 12.3. The van der Waals surface area contributed by atoms with Gasteiger partial charge in [-0.05, 0) is 33.3 Å². The summed E-state index contributed by atoms with van der Waals surface area (Å²) in [4.78, 5) is 17.6. The molecule has 26 heavy (non-hydrogen) atoms. The average Bonchev–Trinajstić information content (AvgIpc) is 2.89. The number of carbonyl (C=O) groups excluding carboxylic acids is 1. The largest absolute Gasteiger partial charge is 0.391 e. The van der Waals surface area contributed by atoms with Gasteiger partial charge in [-0.2, -0.15) is 0 Å². The summed E-state index contributed by atoms with van der Waals surface area (Å²) in [6.07, 6.45) is -0.457. The van der Waals surface area contributed by atoms with E-state index in [0.29, 0.717) is 6.61 Å². The molecule has 0 unspecified atom stereocenters. The molecule has 3 atom stereocenters. The Morgan fingerprint density at radius 2 is 1.85 bits per heavy atom. The molecule has 2 saturated heterocycles. The van der Waals surface area contributed by atoms with E-state index < -0.39 is 29.9 Å². The highest BCUT2D eigenvalue weighted by atomic mass is 16.8. The third-order valence-corrected chi connectivity index (χ3v) is 4.11. The Balaban J connectivity index is 1.66. The van der Waals surface area contributed by atoms with Crippen LogP contribution in [0, 0.1) is 0 Å². The van der Waals surface area contributed by atoms with Gasteiger partial charge in [0.05, 0.1) is 6.21 Å². The van der Waals surface area contributed by atoms with E-state index in [0.717, 1.165) is 5.56 Å². The molecular weight excluding hydrogens is 338 g/mol. The molecule has 3 rings (SSSR count). The second-order valence-corrected chi connectivity index (χ2v) is 7.27. The van der Waals surface area contributed by atoms with Gasteiger partial charge in [-0.3, -0.25) is 4.79 Å². The van der Waals surface area contributed by atoms with E-state index in [4.69, 9.17) is 23.8 Å². The molecule has 0 N–H and O–H groups in total. The van der Waals surface area contributed by atoms with Crippen molar-refractivity contribution in [2.24, 2.45) is 5.16 Å². The zero-order valence-electron chi connectivity index (χ0n) is 15.5. The molecule has 2 aliphatic heterocycles. The molecule has 0 spiro atoms. The summed E-state index contributed by atoms with van der Waals surface area (Å²) in [7, 11) is 0. The van der Waals surface area contributed by atoms with E-state index in [1.165, 1.54) is 6.21 Å². The zero-order valence-corrected chi connectivity index (χ0v) is 15.5. The monoisotopic (exact) mass is 363 g/mol. The van der Waals surface area contributed by atoms with Gasteiger partial charge in [-0.1, -0.05) is 35.5 Å². The van der Waals surface area contributed by atoms with Crippen molar-refractivity contribution in [3.63, 3.8) is 0 Å². The fourth-order valence-electron chi connectivity index (χ4n) is 2.94. The highest BCUT2D eigenvalue weighted by Crippen LogP contribution is 2.34. The fraction of sp³-hybridized carbons (Fsp3) is 0.579. The summed E-state index contributed by atoms with van der Waals surface area (Å²) < 4.78 is 22.9. The summed E-state index contributed by atoms with van der Waals surface area (Å²) in [6.45, 7) is 7.42. The predicted octanol–water partition coefficient (Wildman–Crippen LogP) is 2.43. The maximum atomic E-state index is 12.3. The summed E-state index contributed by atoms with van der Waals surface area (Å²) >= 11 is 0. The van der Waals surface area contributed by atoms with Gasteiger partial charge < -0.3 is 23.8 Å². The first-order valence-electron chi connectivity index (χ1n) is 8.65. The molecule has 142 valence electrons. The predicted molar refractivity (Wildman–Crippen MR) is 93.5 cm³/mol. The highest BCUT2D eigenvalue weighted by molar-refractivity contribution is 5.86. The highest BCUT2D eigenvalue weighted by Gasteiger charge is 2.50. The Hall–Kier alpha value is -1.80. The van der Waals surface area contributed by atoms with E-state index in [2.05, 4.69) is 5.16 Å². The molecule has 1 aromatic carbocycles. The molecule has 1 aromatic rings. The van der Waals surface area contributed by atoms with Gasteiger partial charge in [0.2, 0.25) is 0 Å². The minimum absolute atomic E-state index is 0.0215. The molecule has 0 aliphatic carbocycles. The van der Waals surface area contributed by atoms with Crippen molar-refractivity contribution in [3.05, 3.63) is 35.9 Å². The van der Waals surface area contributed by atoms with E-state index in [9.17, 15) is 4.79 Å². The number of nitrogens with zero attached hydrogens (tertiary/aromatic N) is 1. The molecule has 0 amide bonds. The number of benzene rings is 1. The summed E-state index contributed by atoms with van der Waals surface area (Å²) in [5.41, 5.74) is 1.01. The van der Waals surface area contributed by atoms with E-state index in [1.54, 1.807) is 27.7 Å². The van der Waals surface area contributed by atoms with Crippen LogP contribution >= 0.6 is 0 Å². The summed E-state index contributed by atoms with van der Waals surface area (Å²) in [6, 6.07) is 9.71. The Bertz CT molecular complexity index is 657. The minimum Gasteiger partial charge on any atom is -0.391 e. The SMILES string of the molecule is CC1(C)OCC(=O)[C@H]([C@@H]2OC(C)(C)O[C@@H]2/C=N/OCc2ccccc2)O1. The van der Waals surface area contributed by atoms with Crippen LogP contribution in [0.4, 0.5) is 0 Å². The van der Waals surface area contributed by atoms with E-state index in [-0.39, 0.29) is 12.4 Å². The van der Waals surface area contributed by atoms with Gasteiger partial charge in [0.15, 0.2) is 23.5 Å². The molecule has 2 heterocycles. The molecule has 0 saturated carbocycles. The normalized spacial score (nSPS) is 30.6. The van der Waals surface area contributed by atoms with Gasteiger partial charge in [0.1, 0.15) is 25.4 Å². The molecule has 7 heteroatoms. The van der Waals surface area contributed by atoms with Crippen molar-refractivity contribution in [2.45, 2.75) is 64.2 Å². The maximum Gasteiger partial charge on any atom is 0.190 e. The Kier molecular flexibility index (Phi) is 5.43. The van der Waals surface area contributed by atoms with Crippen LogP contribution in [0.1, 0.15) is 33.3 Å². The van der Waals surface area contributed by atoms with Crippen LogP contribution in [0.15, 0.2) is 35.5 Å². The lowest BCUT2D eigenvalue weighted by Gasteiger charge is -2.37. The number of oxime groups is 1. The van der Waals surface area contributed by atoms with Gasteiger partial charge >= 0.3 is 0 Å². The molecule has 0 aromatic heterocycles. The number of hydrogen-bond donors (Lipinski definition) is 0. The third kappa shape index (κ3) is 4.67. The van der Waals surface area contributed by atoms with Crippen molar-refractivity contribution in [2.75, 3.05) is 6.61 Å². The molecule has 2 aliphatic rings. The van der Waals surface area contributed by atoms with Gasteiger partial charge in [0.25, 0.3) is 0 Å². The number of ether oxygens (including phenoxy) is 4. The van der Waals surface area contributed by atoms with Crippen LogP contribution in [0.25, 0.3) is 0 Å². The Morgan fingerprint density at radius 3 is 2.58 bits per heavy atom. The van der Waals surface area contributed by atoms with Gasteiger partial charge in [-0.25, -0.2) is 0 Å². The lowest BCUT2D eigenvalue weighted by Crippen LogP contribution is -2.54. The van der Waals surface area contributed by atoms with Crippen molar-refractivity contribution in [1.82, 2.24) is 0 Å². The van der Waals surface area contributed by atoms with Crippen LogP contribution < -0.4 is 0 Å². The number of hydrogen-bond acceptors (Lipinski definition) is 7. The van der Waals surface area contributed by atoms with Crippen molar-refractivity contribution < 1.29 is 28.6 Å². The quantitative estimate of drug-likeness (QED) is 0.591. The van der Waals surface area contributed by atoms with Gasteiger partial charge in [0, 0.05) is 0 Å². The third-order valence-electron chi connectivity index (χ3n) is 4.11. The number of rotatable bonds is 5. The average molecular weight is 363 g/mol. The number of Topliss-reactive ketones (excluding diaryl/α,β-unsaturated/α-hetero) is 1. The summed E-state index contributed by atoms with van der Waals surface area (Å²) in [5, 5.41) is 3.99. The van der Waals surface area contributed by atoms with E-state index in [1.807, 2.05) is 30.3 Å². The smallest absolute Gasteiger partial charge is 0.190 e. The van der Waals surface area contributed by atoms with Gasteiger partial charge in [-0.15, -0.1) is 0 Å². The van der Waals surface area contributed by atoms with Crippen molar-refractivity contribution >= 4 is 12.0 Å². The van der Waals surface area contributed by atoms with Crippen molar-refractivity contribution in [3.8, 4) is 0 Å². The molecular formula is C19H25NO6. The molecule has 7 nitrogen and oxygen atoms in total. The lowest BCUT2D eigenvalue weighted by atomic mass is 10.0. The van der Waals surface area contributed by atoms with E-state index >= 15 is 0 Å². The minimum atomic E-state index is -0.861. The second kappa shape index (κ2) is 7.44. The summed E-state index contributed by atoms with van der Waals surface area (Å²) in [5.74, 6) is -1.90. The van der Waals surface area contributed by atoms with Crippen LogP contribution in [-0.4, -0.2) is 48.5 Å². The van der Waals surface area contributed by atoms with Crippen LogP contribution in [-0.2, 0) is 35.2 Å². The first-order valence-corrected chi connectivity index (χ1v) is 8.65. The Labute approximate surface area is 153 Å². The first kappa shape index (κ1) is 19.0. The fourth-order valence-corrected chi connectivity index (χ4v) is 2.94. The number of carbonyl (C=O) groups is 1. The van der Waals surface area contributed by atoms with Crippen LogP contribution in [0.2, 0.25) is 0 Å². The van der Waals surface area contributed by atoms with Crippen LogP contribution in [0.3, 0.4) is 0 Å². The number of ketones is 1. The second-order valence-electron chi connectivity index (χ2n) is 7.27. The molecule has 0 radical (unpaired) electrons. The molecule has 0 bridgehead atoms. The lowest BCUT2D eigenvalue weighted by molar-refractivity contribution is -0.275. The Morgan fingerprint density at radius 1 is 1.12 bits per heavy atom. The standard InChI is InChI=1S/C19H25NO6/c1-18(2)22-12-14(21)16(25-18)17-15(24-19(3,4)26-17)10-20-23-11-13-8-6-5-7-9-13/h5-10,15-17H,11-12H2,1-4H3/b20-10+/t15-,16-,17-/m1/s1. The topological polar surface area (TPSA) is 75.6 Å². The van der Waals surface area contributed by atoms with Crippen molar-refractivity contribution in [1.29, 1.82) is 0 Å². The molecule has 2 fully saturated rings. The zero-order chi connectivity index (χ0) is 18.8. The maximum absolute atomic E-state index is 12.3.